The number of rotatable bonds is 5. The first-order valence-corrected chi connectivity index (χ1v) is 8.69. The van der Waals surface area contributed by atoms with Crippen LogP contribution in [0, 0.1) is 18.6 Å². The van der Waals surface area contributed by atoms with Crippen molar-refractivity contribution >= 4 is 16.9 Å². The summed E-state index contributed by atoms with van der Waals surface area (Å²) in [5, 5.41) is -0.0772. The van der Waals surface area contributed by atoms with Crippen LogP contribution in [0.1, 0.15) is 24.5 Å². The smallest absolute Gasteiger partial charge is 0.491 e. The molecule has 1 unspecified atom stereocenters. The van der Waals surface area contributed by atoms with E-state index >= 15 is 4.39 Å². The van der Waals surface area contributed by atoms with Gasteiger partial charge in [-0.15, -0.1) is 13.2 Å². The molecule has 166 valence electrons. The van der Waals surface area contributed by atoms with Gasteiger partial charge in [0.1, 0.15) is 5.75 Å². The summed E-state index contributed by atoms with van der Waals surface area (Å²) in [5.74, 6) is -4.80. The summed E-state index contributed by atoms with van der Waals surface area (Å²) in [4.78, 5) is 11.5. The van der Waals surface area contributed by atoms with E-state index in [0.717, 1.165) is 48.9 Å². The summed E-state index contributed by atoms with van der Waals surface area (Å²) < 4.78 is 96.0. The van der Waals surface area contributed by atoms with E-state index in [1.807, 2.05) is 0 Å². The minimum Gasteiger partial charge on any atom is -0.491 e. The SMILES string of the molecule is COc1c(F)ccc(C(F)n2c(C)c(OC(C)=O)c3cc(OC(F)(F)F)ccc32)c1F. The molecule has 0 aliphatic heterocycles. The fraction of sp³-hybridized carbons (Fsp3) is 0.250. The number of fused-ring (bicyclic) bond motifs is 1. The molecule has 31 heavy (non-hydrogen) atoms. The zero-order valence-corrected chi connectivity index (χ0v) is 16.3. The largest absolute Gasteiger partial charge is 0.573 e. The van der Waals surface area contributed by atoms with Gasteiger partial charge in [-0.25, -0.2) is 13.2 Å². The number of aromatic nitrogens is 1. The quantitative estimate of drug-likeness (QED) is 0.379. The van der Waals surface area contributed by atoms with Crippen molar-refractivity contribution < 1.29 is 45.3 Å². The van der Waals surface area contributed by atoms with Crippen LogP contribution in [0.5, 0.6) is 17.2 Å². The van der Waals surface area contributed by atoms with E-state index in [1.165, 1.54) is 6.92 Å². The molecular formula is C20H15F6NO4. The molecule has 3 rings (SSSR count). The molecule has 0 aliphatic carbocycles. The predicted molar refractivity (Wildman–Crippen MR) is 96.8 cm³/mol. The molecule has 5 nitrogen and oxygen atoms in total. The van der Waals surface area contributed by atoms with Crippen LogP contribution >= 0.6 is 0 Å². The Morgan fingerprint density at radius 3 is 2.35 bits per heavy atom. The number of hydrogen-bond acceptors (Lipinski definition) is 4. The number of carbonyl (C=O) groups is 1. The van der Waals surface area contributed by atoms with Crippen molar-refractivity contribution in [2.45, 2.75) is 26.5 Å². The van der Waals surface area contributed by atoms with Gasteiger partial charge in [-0.1, -0.05) is 0 Å². The number of carbonyl (C=O) groups excluding carboxylic acids is 1. The van der Waals surface area contributed by atoms with E-state index in [0.29, 0.717) is 0 Å². The molecule has 0 spiro atoms. The van der Waals surface area contributed by atoms with Gasteiger partial charge in [-0.3, -0.25) is 4.79 Å². The highest BCUT2D eigenvalue weighted by molar-refractivity contribution is 5.92. The average Bonchev–Trinajstić information content (AvgIpc) is 2.91. The van der Waals surface area contributed by atoms with Crippen LogP contribution in [0.25, 0.3) is 10.9 Å². The van der Waals surface area contributed by atoms with E-state index in [1.54, 1.807) is 0 Å². The van der Waals surface area contributed by atoms with Crippen LogP contribution in [0.15, 0.2) is 30.3 Å². The lowest BCUT2D eigenvalue weighted by atomic mass is 10.1. The van der Waals surface area contributed by atoms with Crippen LogP contribution in [0.4, 0.5) is 26.3 Å². The molecule has 0 saturated heterocycles. The lowest BCUT2D eigenvalue weighted by molar-refractivity contribution is -0.274. The summed E-state index contributed by atoms with van der Waals surface area (Å²) in [7, 11) is 1.01. The van der Waals surface area contributed by atoms with Crippen LogP contribution in [0.3, 0.4) is 0 Å². The molecule has 2 aromatic carbocycles. The van der Waals surface area contributed by atoms with Crippen LogP contribution in [0.2, 0.25) is 0 Å². The van der Waals surface area contributed by atoms with Crippen LogP contribution < -0.4 is 14.2 Å². The highest BCUT2D eigenvalue weighted by atomic mass is 19.4. The van der Waals surface area contributed by atoms with Crippen LogP contribution in [-0.2, 0) is 4.79 Å². The predicted octanol–water partition coefficient (Wildman–Crippen LogP) is 5.58. The average molecular weight is 447 g/mol. The van der Waals surface area contributed by atoms with Crippen molar-refractivity contribution in [2.24, 2.45) is 0 Å². The lowest BCUT2D eigenvalue weighted by Gasteiger charge is -2.17. The van der Waals surface area contributed by atoms with Crippen molar-refractivity contribution in [1.82, 2.24) is 4.57 Å². The molecule has 0 bridgehead atoms. The Balaban J connectivity index is 2.23. The molecule has 0 amide bonds. The van der Waals surface area contributed by atoms with Crippen molar-refractivity contribution in [3.63, 3.8) is 0 Å². The summed E-state index contributed by atoms with van der Waals surface area (Å²) in [6.45, 7) is 2.38. The Morgan fingerprint density at radius 2 is 1.77 bits per heavy atom. The molecule has 0 N–H and O–H groups in total. The van der Waals surface area contributed by atoms with Crippen molar-refractivity contribution in [2.75, 3.05) is 7.11 Å². The maximum Gasteiger partial charge on any atom is 0.573 e. The van der Waals surface area contributed by atoms with Gasteiger partial charge in [0.15, 0.2) is 23.1 Å². The standard InChI is InChI=1S/C20H15F6NO4/c1-9-17(30-10(2)28)13-8-11(31-20(24,25)26)4-7-15(13)27(9)19(23)12-5-6-14(21)18(29-3)16(12)22/h4-8,19H,1-3H3. The number of alkyl halides is 4. The number of nitrogens with zero attached hydrogens (tertiary/aromatic N) is 1. The van der Waals surface area contributed by atoms with Gasteiger partial charge >= 0.3 is 12.3 Å². The first kappa shape index (κ1) is 22.3. The third kappa shape index (κ3) is 4.25. The Bertz CT molecular complexity index is 1160. The Labute approximate surface area is 171 Å². The van der Waals surface area contributed by atoms with E-state index in [4.69, 9.17) is 4.74 Å². The zero-order valence-electron chi connectivity index (χ0n) is 16.3. The number of methoxy groups -OCH3 is 1. The van der Waals surface area contributed by atoms with Gasteiger partial charge in [0, 0.05) is 17.9 Å². The molecule has 3 aromatic rings. The first-order chi connectivity index (χ1) is 14.4. The second-order valence-electron chi connectivity index (χ2n) is 6.42. The summed E-state index contributed by atoms with van der Waals surface area (Å²) >= 11 is 0. The van der Waals surface area contributed by atoms with Gasteiger partial charge in [0.2, 0.25) is 6.30 Å². The number of ether oxygens (including phenoxy) is 3. The highest BCUT2D eigenvalue weighted by Gasteiger charge is 2.32. The third-order valence-electron chi connectivity index (χ3n) is 4.41. The van der Waals surface area contributed by atoms with Crippen molar-refractivity contribution in [3.8, 4) is 17.2 Å². The van der Waals surface area contributed by atoms with Crippen molar-refractivity contribution in [3.05, 3.63) is 53.2 Å². The maximum absolute atomic E-state index is 15.5. The topological polar surface area (TPSA) is 49.7 Å². The number of hydrogen-bond donors (Lipinski definition) is 0. The Hall–Kier alpha value is -3.37. The molecule has 1 heterocycles. The highest BCUT2D eigenvalue weighted by Crippen LogP contribution is 2.41. The summed E-state index contributed by atoms with van der Waals surface area (Å²) in [5.41, 5.74) is -0.633. The second kappa shape index (κ2) is 8.05. The first-order valence-electron chi connectivity index (χ1n) is 8.69. The fourth-order valence-electron chi connectivity index (χ4n) is 3.21. The number of halogens is 6. The Morgan fingerprint density at radius 1 is 1.10 bits per heavy atom. The minimum absolute atomic E-state index is 0.0153. The molecular weight excluding hydrogens is 432 g/mol. The van der Waals surface area contributed by atoms with E-state index < -0.39 is 47.3 Å². The summed E-state index contributed by atoms with van der Waals surface area (Å²) in [6, 6.07) is 4.63. The molecule has 11 heteroatoms. The Kier molecular flexibility index (Phi) is 5.79. The van der Waals surface area contributed by atoms with E-state index in [2.05, 4.69) is 9.47 Å². The number of benzene rings is 2. The lowest BCUT2D eigenvalue weighted by Crippen LogP contribution is -2.17. The molecule has 1 atom stereocenters. The van der Waals surface area contributed by atoms with Gasteiger partial charge < -0.3 is 18.8 Å². The van der Waals surface area contributed by atoms with Gasteiger partial charge in [0.25, 0.3) is 0 Å². The monoisotopic (exact) mass is 447 g/mol. The van der Waals surface area contributed by atoms with E-state index in [-0.39, 0.29) is 22.3 Å². The minimum atomic E-state index is -4.98. The van der Waals surface area contributed by atoms with E-state index in [9.17, 15) is 26.7 Å². The van der Waals surface area contributed by atoms with Gasteiger partial charge in [-0.2, -0.15) is 0 Å². The zero-order chi connectivity index (χ0) is 23.1. The van der Waals surface area contributed by atoms with Gasteiger partial charge in [0.05, 0.1) is 18.3 Å². The molecule has 1 aromatic heterocycles. The molecule has 0 saturated carbocycles. The van der Waals surface area contributed by atoms with Crippen LogP contribution in [-0.4, -0.2) is 24.0 Å². The fourth-order valence-corrected chi connectivity index (χ4v) is 3.21. The molecule has 0 aliphatic rings. The molecule has 0 fully saturated rings. The van der Waals surface area contributed by atoms with Crippen molar-refractivity contribution in [1.29, 1.82) is 0 Å². The second-order valence-corrected chi connectivity index (χ2v) is 6.42. The van der Waals surface area contributed by atoms with Gasteiger partial charge in [-0.05, 0) is 37.3 Å². The number of esters is 1. The third-order valence-corrected chi connectivity index (χ3v) is 4.41. The molecule has 0 radical (unpaired) electrons. The normalized spacial score (nSPS) is 12.7. The summed E-state index contributed by atoms with van der Waals surface area (Å²) in [6.07, 6.45) is -7.24. The maximum atomic E-state index is 15.5.